The number of nitrogens with zero attached hydrogens (tertiary/aromatic N) is 2. The highest BCUT2D eigenvalue weighted by Gasteiger charge is 2.49. The third-order valence-corrected chi connectivity index (χ3v) is 5.74. The minimum Gasteiger partial charge on any atom is -0.348 e. The average Bonchev–Trinajstić information content (AvgIpc) is 2.86. The van der Waals surface area contributed by atoms with Gasteiger partial charge in [-0.05, 0) is 43.4 Å². The van der Waals surface area contributed by atoms with Gasteiger partial charge in [-0.1, -0.05) is 43.5 Å². The summed E-state index contributed by atoms with van der Waals surface area (Å²) in [5, 5.41) is 3.28. The van der Waals surface area contributed by atoms with E-state index in [0.29, 0.717) is 11.4 Å². The number of carbonyl (C=O) groups excluding carboxylic acids is 4. The molecule has 2 aliphatic rings. The molecular formula is C20H24ClN3O4. The summed E-state index contributed by atoms with van der Waals surface area (Å²) in [5.74, 6) is -2.14. The Morgan fingerprint density at radius 3 is 2.61 bits per heavy atom. The highest BCUT2D eigenvalue weighted by atomic mass is 35.5. The third kappa shape index (κ3) is 4.04. The molecule has 7 nitrogen and oxygen atoms in total. The first kappa shape index (κ1) is 20.3. The molecule has 5 amide bonds. The van der Waals surface area contributed by atoms with Crippen molar-refractivity contribution in [2.24, 2.45) is 5.92 Å². The summed E-state index contributed by atoms with van der Waals surface area (Å²) in [7, 11) is 0. The zero-order chi connectivity index (χ0) is 20.4. The summed E-state index contributed by atoms with van der Waals surface area (Å²) in [6, 6.07) is 5.72. The van der Waals surface area contributed by atoms with Gasteiger partial charge in [0.1, 0.15) is 6.54 Å². The molecule has 0 bridgehead atoms. The maximum Gasteiger partial charge on any atom is 0.334 e. The molecule has 1 aliphatic carbocycles. The first-order chi connectivity index (χ1) is 13.3. The second kappa shape index (κ2) is 8.31. The van der Waals surface area contributed by atoms with Crippen LogP contribution in [-0.4, -0.2) is 46.1 Å². The fourth-order valence-corrected chi connectivity index (χ4v) is 4.12. The van der Waals surface area contributed by atoms with Gasteiger partial charge >= 0.3 is 17.8 Å². The van der Waals surface area contributed by atoms with Crippen LogP contribution in [0.4, 0.5) is 4.79 Å². The van der Waals surface area contributed by atoms with E-state index in [2.05, 4.69) is 5.32 Å². The molecule has 0 unspecified atom stereocenters. The second-order valence-corrected chi connectivity index (χ2v) is 7.96. The van der Waals surface area contributed by atoms with Crippen LogP contribution in [0.1, 0.15) is 51.1 Å². The molecule has 0 aromatic heterocycles. The average molecular weight is 406 g/mol. The Morgan fingerprint density at radius 2 is 1.93 bits per heavy atom. The van der Waals surface area contributed by atoms with Gasteiger partial charge in [0.2, 0.25) is 5.91 Å². The van der Waals surface area contributed by atoms with Crippen molar-refractivity contribution in [1.29, 1.82) is 0 Å². The van der Waals surface area contributed by atoms with E-state index >= 15 is 0 Å². The number of benzene rings is 1. The molecule has 1 heterocycles. The number of hydrogen-bond donors (Lipinski definition) is 1. The lowest BCUT2D eigenvalue weighted by Crippen LogP contribution is -2.47. The van der Waals surface area contributed by atoms with Crippen LogP contribution in [0.3, 0.4) is 0 Å². The molecule has 2 fully saturated rings. The number of carbonyl (C=O) groups is 4. The molecule has 150 valence electrons. The maximum absolute atomic E-state index is 12.7. The van der Waals surface area contributed by atoms with Gasteiger partial charge in [0.15, 0.2) is 0 Å². The van der Waals surface area contributed by atoms with E-state index in [1.54, 1.807) is 25.1 Å². The van der Waals surface area contributed by atoms with Crippen LogP contribution in [0.25, 0.3) is 0 Å². The van der Waals surface area contributed by atoms with Crippen molar-refractivity contribution in [2.75, 3.05) is 6.54 Å². The summed E-state index contributed by atoms with van der Waals surface area (Å²) < 4.78 is 0. The molecule has 3 rings (SSSR count). The Hall–Kier alpha value is -2.41. The van der Waals surface area contributed by atoms with Crippen molar-refractivity contribution in [1.82, 2.24) is 15.1 Å². The van der Waals surface area contributed by atoms with Crippen LogP contribution in [0.5, 0.6) is 0 Å². The normalized spacial score (nSPS) is 23.9. The summed E-state index contributed by atoms with van der Waals surface area (Å²) in [4.78, 5) is 51.6. The first-order valence-corrected chi connectivity index (χ1v) is 9.91. The standard InChI is InChI=1S/C20H24ClN3O4/c1-12-6-3-4-9-16(12)24-19(27)18(26)23(20(24)28)11-17(25)22-13(2)14-7-5-8-15(21)10-14/h5,7-8,10,12-13,16H,3-4,6,9,11H2,1-2H3,(H,22,25)/t12-,13+,16+/m1/s1. The molecule has 3 atom stereocenters. The number of rotatable bonds is 5. The number of nitrogens with one attached hydrogen (secondary N) is 1. The zero-order valence-electron chi connectivity index (χ0n) is 16.0. The number of urea groups is 1. The third-order valence-electron chi connectivity index (χ3n) is 5.51. The molecule has 1 saturated carbocycles. The van der Waals surface area contributed by atoms with Crippen LogP contribution in [0, 0.1) is 5.92 Å². The van der Waals surface area contributed by atoms with Gasteiger partial charge in [-0.25, -0.2) is 9.69 Å². The lowest BCUT2D eigenvalue weighted by molar-refractivity contribution is -0.145. The van der Waals surface area contributed by atoms with Crippen LogP contribution < -0.4 is 5.32 Å². The molecule has 8 heteroatoms. The van der Waals surface area contributed by atoms with E-state index in [0.717, 1.165) is 34.6 Å². The number of imide groups is 2. The lowest BCUT2D eigenvalue weighted by Gasteiger charge is -2.34. The molecule has 0 spiro atoms. The Labute approximate surface area is 169 Å². The number of amides is 5. The van der Waals surface area contributed by atoms with E-state index in [1.807, 2.05) is 13.0 Å². The largest absolute Gasteiger partial charge is 0.348 e. The summed E-state index contributed by atoms with van der Waals surface area (Å²) in [5.41, 5.74) is 0.800. The molecule has 0 radical (unpaired) electrons. The predicted octanol–water partition coefficient (Wildman–Crippen LogP) is 2.89. The van der Waals surface area contributed by atoms with Crippen molar-refractivity contribution < 1.29 is 19.2 Å². The molecule has 1 saturated heterocycles. The first-order valence-electron chi connectivity index (χ1n) is 9.53. The van der Waals surface area contributed by atoms with Gasteiger partial charge < -0.3 is 5.32 Å². The quantitative estimate of drug-likeness (QED) is 0.602. The van der Waals surface area contributed by atoms with Crippen molar-refractivity contribution in [3.63, 3.8) is 0 Å². The second-order valence-electron chi connectivity index (χ2n) is 7.52. The minimum absolute atomic E-state index is 0.145. The molecule has 1 aliphatic heterocycles. The van der Waals surface area contributed by atoms with Crippen LogP contribution >= 0.6 is 11.6 Å². The summed E-state index contributed by atoms with van der Waals surface area (Å²) >= 11 is 5.97. The molecule has 1 aromatic carbocycles. The molecule has 1 N–H and O–H groups in total. The minimum atomic E-state index is -0.937. The number of halogens is 1. The van der Waals surface area contributed by atoms with Crippen molar-refractivity contribution in [3.05, 3.63) is 34.9 Å². The van der Waals surface area contributed by atoms with Gasteiger partial charge in [-0.15, -0.1) is 0 Å². The van der Waals surface area contributed by atoms with Crippen molar-refractivity contribution in [2.45, 2.75) is 51.6 Å². The van der Waals surface area contributed by atoms with E-state index < -0.39 is 30.3 Å². The topological polar surface area (TPSA) is 86.8 Å². The van der Waals surface area contributed by atoms with Gasteiger partial charge in [-0.3, -0.25) is 19.3 Å². The van der Waals surface area contributed by atoms with Gasteiger partial charge in [0.25, 0.3) is 0 Å². The SMILES string of the molecule is C[C@H](NC(=O)CN1C(=O)C(=O)N([C@H]2CCCC[C@H]2C)C1=O)c1cccc(Cl)c1. The molecular weight excluding hydrogens is 382 g/mol. The van der Waals surface area contributed by atoms with Crippen LogP contribution in [0.15, 0.2) is 24.3 Å². The van der Waals surface area contributed by atoms with Crippen molar-refractivity contribution in [3.8, 4) is 0 Å². The smallest absolute Gasteiger partial charge is 0.334 e. The fraction of sp³-hybridized carbons (Fsp3) is 0.500. The fourth-order valence-electron chi connectivity index (χ4n) is 3.92. The highest BCUT2D eigenvalue weighted by molar-refractivity contribution is 6.45. The Balaban J connectivity index is 1.66. The van der Waals surface area contributed by atoms with E-state index in [4.69, 9.17) is 11.6 Å². The Kier molecular flexibility index (Phi) is 6.03. The lowest BCUT2D eigenvalue weighted by atomic mass is 9.85. The molecule has 28 heavy (non-hydrogen) atoms. The highest BCUT2D eigenvalue weighted by Crippen LogP contribution is 2.31. The summed E-state index contributed by atoms with van der Waals surface area (Å²) in [6.45, 7) is 3.28. The van der Waals surface area contributed by atoms with Gasteiger partial charge in [-0.2, -0.15) is 0 Å². The molecule has 1 aromatic rings. The van der Waals surface area contributed by atoms with Crippen LogP contribution in [-0.2, 0) is 14.4 Å². The Morgan fingerprint density at radius 1 is 1.21 bits per heavy atom. The number of hydrogen-bond acceptors (Lipinski definition) is 4. The van der Waals surface area contributed by atoms with Crippen molar-refractivity contribution >= 4 is 35.4 Å². The van der Waals surface area contributed by atoms with Gasteiger partial charge in [0.05, 0.1) is 6.04 Å². The summed E-state index contributed by atoms with van der Waals surface area (Å²) in [6.07, 6.45) is 3.57. The monoisotopic (exact) mass is 405 g/mol. The predicted molar refractivity (Wildman–Crippen MR) is 103 cm³/mol. The van der Waals surface area contributed by atoms with E-state index in [9.17, 15) is 19.2 Å². The maximum atomic E-state index is 12.7. The van der Waals surface area contributed by atoms with E-state index in [1.165, 1.54) is 0 Å². The zero-order valence-corrected chi connectivity index (χ0v) is 16.7. The van der Waals surface area contributed by atoms with Gasteiger partial charge in [0, 0.05) is 11.1 Å². The Bertz CT molecular complexity index is 812. The van der Waals surface area contributed by atoms with Crippen LogP contribution in [0.2, 0.25) is 5.02 Å². The van der Waals surface area contributed by atoms with E-state index in [-0.39, 0.29) is 18.0 Å².